The van der Waals surface area contributed by atoms with Crippen molar-refractivity contribution in [3.05, 3.63) is 71.4 Å². The Morgan fingerprint density at radius 3 is 2.82 bits per heavy atom. The standard InChI is InChI=1S/C18H18N2O2/c1-12-5-2-3-7-14(12)16(21)11-20-18(22)15-8-4-6-13-9-10-19-17(13)15/h2-10,16,19,21H,11H2,1H3,(H,20,22). The fourth-order valence-corrected chi connectivity index (χ4v) is 2.63. The highest BCUT2D eigenvalue weighted by molar-refractivity contribution is 6.05. The number of aromatic nitrogens is 1. The summed E-state index contributed by atoms with van der Waals surface area (Å²) < 4.78 is 0. The predicted octanol–water partition coefficient (Wildman–Crippen LogP) is 2.94. The zero-order chi connectivity index (χ0) is 15.5. The molecule has 4 nitrogen and oxygen atoms in total. The number of rotatable bonds is 4. The first kappa shape index (κ1) is 14.4. The molecule has 0 fully saturated rings. The minimum atomic E-state index is -0.715. The molecule has 3 rings (SSSR count). The maximum absolute atomic E-state index is 12.3. The molecule has 22 heavy (non-hydrogen) atoms. The van der Waals surface area contributed by atoms with Gasteiger partial charge in [-0.05, 0) is 30.2 Å². The number of fused-ring (bicyclic) bond motifs is 1. The number of H-pyrrole nitrogens is 1. The number of hydrogen-bond acceptors (Lipinski definition) is 2. The molecule has 0 aliphatic carbocycles. The van der Waals surface area contributed by atoms with Crippen LogP contribution in [0.2, 0.25) is 0 Å². The molecule has 1 heterocycles. The smallest absolute Gasteiger partial charge is 0.253 e. The lowest BCUT2D eigenvalue weighted by molar-refractivity contribution is 0.0917. The fraction of sp³-hybridized carbons (Fsp3) is 0.167. The first-order chi connectivity index (χ1) is 10.7. The third-order valence-electron chi connectivity index (χ3n) is 3.84. The van der Waals surface area contributed by atoms with Crippen molar-refractivity contribution in [3.63, 3.8) is 0 Å². The van der Waals surface area contributed by atoms with E-state index in [9.17, 15) is 9.90 Å². The van der Waals surface area contributed by atoms with Gasteiger partial charge in [-0.3, -0.25) is 4.79 Å². The summed E-state index contributed by atoms with van der Waals surface area (Å²) in [4.78, 5) is 15.4. The third-order valence-corrected chi connectivity index (χ3v) is 3.84. The molecular weight excluding hydrogens is 276 g/mol. The van der Waals surface area contributed by atoms with Crippen molar-refractivity contribution in [1.82, 2.24) is 10.3 Å². The highest BCUT2D eigenvalue weighted by atomic mass is 16.3. The summed E-state index contributed by atoms with van der Waals surface area (Å²) >= 11 is 0. The van der Waals surface area contributed by atoms with Crippen LogP contribution >= 0.6 is 0 Å². The minimum absolute atomic E-state index is 0.181. The zero-order valence-corrected chi connectivity index (χ0v) is 12.3. The van der Waals surface area contributed by atoms with E-state index in [1.54, 1.807) is 6.07 Å². The van der Waals surface area contributed by atoms with Crippen LogP contribution in [0, 0.1) is 6.92 Å². The second-order valence-electron chi connectivity index (χ2n) is 5.33. The van der Waals surface area contributed by atoms with Crippen LogP contribution in [0.1, 0.15) is 27.6 Å². The van der Waals surface area contributed by atoms with E-state index in [0.29, 0.717) is 5.56 Å². The van der Waals surface area contributed by atoms with E-state index >= 15 is 0 Å². The van der Waals surface area contributed by atoms with Crippen molar-refractivity contribution in [2.24, 2.45) is 0 Å². The average molecular weight is 294 g/mol. The van der Waals surface area contributed by atoms with Gasteiger partial charge < -0.3 is 15.4 Å². The molecule has 0 bridgehead atoms. The molecular formula is C18H18N2O2. The molecule has 1 amide bonds. The number of hydrogen-bond donors (Lipinski definition) is 3. The SMILES string of the molecule is Cc1ccccc1C(O)CNC(=O)c1cccc2cc[nH]c12. The van der Waals surface area contributed by atoms with Crippen LogP contribution in [-0.2, 0) is 0 Å². The lowest BCUT2D eigenvalue weighted by Gasteiger charge is -2.14. The van der Waals surface area contributed by atoms with Crippen molar-refractivity contribution >= 4 is 16.8 Å². The number of amides is 1. The van der Waals surface area contributed by atoms with Gasteiger partial charge in [-0.15, -0.1) is 0 Å². The van der Waals surface area contributed by atoms with Gasteiger partial charge in [0, 0.05) is 18.1 Å². The summed E-state index contributed by atoms with van der Waals surface area (Å²) in [5, 5.41) is 14.0. The maximum Gasteiger partial charge on any atom is 0.253 e. The van der Waals surface area contributed by atoms with Gasteiger partial charge in [-0.2, -0.15) is 0 Å². The normalized spacial score (nSPS) is 12.3. The number of aromatic amines is 1. The van der Waals surface area contributed by atoms with E-state index in [2.05, 4.69) is 10.3 Å². The van der Waals surface area contributed by atoms with Gasteiger partial charge in [0.25, 0.3) is 5.91 Å². The predicted molar refractivity (Wildman–Crippen MR) is 86.8 cm³/mol. The molecule has 1 unspecified atom stereocenters. The molecule has 4 heteroatoms. The number of carbonyl (C=O) groups excluding carboxylic acids is 1. The second-order valence-corrected chi connectivity index (χ2v) is 5.33. The molecule has 3 aromatic rings. The first-order valence-corrected chi connectivity index (χ1v) is 7.24. The van der Waals surface area contributed by atoms with Crippen LogP contribution < -0.4 is 5.32 Å². The largest absolute Gasteiger partial charge is 0.387 e. The van der Waals surface area contributed by atoms with Crippen LogP contribution in [0.3, 0.4) is 0 Å². The highest BCUT2D eigenvalue weighted by Gasteiger charge is 2.14. The summed E-state index contributed by atoms with van der Waals surface area (Å²) in [5.74, 6) is -0.194. The quantitative estimate of drug-likeness (QED) is 0.692. The zero-order valence-electron chi connectivity index (χ0n) is 12.3. The van der Waals surface area contributed by atoms with Crippen LogP contribution in [-0.4, -0.2) is 22.5 Å². The van der Waals surface area contributed by atoms with Crippen molar-refractivity contribution in [2.45, 2.75) is 13.0 Å². The summed E-state index contributed by atoms with van der Waals surface area (Å²) in [5.41, 5.74) is 3.24. The van der Waals surface area contributed by atoms with E-state index in [-0.39, 0.29) is 12.5 Å². The molecule has 1 aromatic heterocycles. The molecule has 3 N–H and O–H groups in total. The van der Waals surface area contributed by atoms with Crippen molar-refractivity contribution in [2.75, 3.05) is 6.54 Å². The summed E-state index contributed by atoms with van der Waals surface area (Å²) in [6.07, 6.45) is 1.09. The van der Waals surface area contributed by atoms with Gasteiger partial charge in [0.15, 0.2) is 0 Å². The Kier molecular flexibility index (Phi) is 3.94. The molecule has 0 radical (unpaired) electrons. The van der Waals surface area contributed by atoms with Crippen molar-refractivity contribution in [3.8, 4) is 0 Å². The Hall–Kier alpha value is -2.59. The number of nitrogens with one attached hydrogen (secondary N) is 2. The Balaban J connectivity index is 1.73. The van der Waals surface area contributed by atoms with E-state index in [1.807, 2.05) is 55.6 Å². The van der Waals surface area contributed by atoms with Crippen molar-refractivity contribution < 1.29 is 9.90 Å². The number of para-hydroxylation sites is 1. The minimum Gasteiger partial charge on any atom is -0.387 e. The Bertz CT molecular complexity index is 807. The van der Waals surface area contributed by atoms with E-state index < -0.39 is 6.10 Å². The average Bonchev–Trinajstić information content (AvgIpc) is 3.01. The molecule has 0 saturated carbocycles. The number of benzene rings is 2. The van der Waals surface area contributed by atoms with Crippen LogP contribution in [0.5, 0.6) is 0 Å². The Morgan fingerprint density at radius 2 is 2.00 bits per heavy atom. The van der Waals surface area contributed by atoms with Crippen LogP contribution in [0.15, 0.2) is 54.7 Å². The summed E-state index contributed by atoms with van der Waals surface area (Å²) in [7, 11) is 0. The van der Waals surface area contributed by atoms with Crippen LogP contribution in [0.4, 0.5) is 0 Å². The van der Waals surface area contributed by atoms with Gasteiger partial charge in [-0.25, -0.2) is 0 Å². The van der Waals surface area contributed by atoms with Gasteiger partial charge >= 0.3 is 0 Å². The van der Waals surface area contributed by atoms with Crippen molar-refractivity contribution in [1.29, 1.82) is 0 Å². The maximum atomic E-state index is 12.3. The number of aryl methyl sites for hydroxylation is 1. The lowest BCUT2D eigenvalue weighted by Crippen LogP contribution is -2.28. The van der Waals surface area contributed by atoms with E-state index in [4.69, 9.17) is 0 Å². The number of aliphatic hydroxyl groups is 1. The second kappa shape index (κ2) is 6.03. The molecule has 0 aliphatic rings. The van der Waals surface area contributed by atoms with Gasteiger partial charge in [-0.1, -0.05) is 36.4 Å². The molecule has 112 valence electrons. The number of carbonyl (C=O) groups is 1. The third kappa shape index (κ3) is 2.73. The molecule has 0 aliphatic heterocycles. The van der Waals surface area contributed by atoms with Gasteiger partial charge in [0.2, 0.25) is 0 Å². The fourth-order valence-electron chi connectivity index (χ4n) is 2.63. The number of aliphatic hydroxyl groups excluding tert-OH is 1. The lowest BCUT2D eigenvalue weighted by atomic mass is 10.0. The van der Waals surface area contributed by atoms with E-state index in [1.165, 1.54) is 0 Å². The molecule has 0 saturated heterocycles. The topological polar surface area (TPSA) is 65.1 Å². The first-order valence-electron chi connectivity index (χ1n) is 7.24. The van der Waals surface area contributed by atoms with Crippen LogP contribution in [0.25, 0.3) is 10.9 Å². The highest BCUT2D eigenvalue weighted by Crippen LogP contribution is 2.18. The van der Waals surface area contributed by atoms with Gasteiger partial charge in [0.1, 0.15) is 0 Å². The Labute approximate surface area is 128 Å². The molecule has 1 atom stereocenters. The molecule has 2 aromatic carbocycles. The summed E-state index contributed by atoms with van der Waals surface area (Å²) in [6, 6.07) is 15.1. The Morgan fingerprint density at radius 1 is 1.18 bits per heavy atom. The summed E-state index contributed by atoms with van der Waals surface area (Å²) in [6.45, 7) is 2.13. The van der Waals surface area contributed by atoms with Gasteiger partial charge in [0.05, 0.1) is 17.2 Å². The van der Waals surface area contributed by atoms with E-state index in [0.717, 1.165) is 22.0 Å². The monoisotopic (exact) mass is 294 g/mol. The molecule has 0 spiro atoms.